The number of aliphatic imine (C=N–C) groups is 1. The van der Waals surface area contributed by atoms with Gasteiger partial charge in [-0.05, 0) is 37.0 Å². The molecule has 0 unspecified atom stereocenters. The average molecular weight is 488 g/mol. The smallest absolute Gasteiger partial charge is 0.342 e. The zero-order valence-electron chi connectivity index (χ0n) is 15.1. The minimum Gasteiger partial charge on any atom is -0.342 e. The van der Waals surface area contributed by atoms with E-state index in [9.17, 15) is 21.9 Å². The van der Waals surface area contributed by atoms with Crippen molar-refractivity contribution < 1.29 is 39.4 Å². The Labute approximate surface area is 178 Å². The standard InChI is InChI=1S/C15H21NO9S4/c17-15(24-28(18,19)20,25-29(21,22)23)9-3-1-2-4-12-5-7-13(8-6-12)16-14-26-10-11-27-14/h5-8,17H,1-4,9-11H2,(H,18,19,20)(H,21,22,23). The Hall–Kier alpha value is -0.710. The first-order valence-electron chi connectivity index (χ1n) is 8.46. The fraction of sp³-hybridized carbons (Fsp3) is 0.533. The van der Waals surface area contributed by atoms with Crippen molar-refractivity contribution >= 4 is 54.4 Å². The van der Waals surface area contributed by atoms with Crippen molar-refractivity contribution in [3.05, 3.63) is 29.8 Å². The zero-order chi connectivity index (χ0) is 21.5. The van der Waals surface area contributed by atoms with Crippen LogP contribution in [0.25, 0.3) is 0 Å². The topological polar surface area (TPSA) is 160 Å². The molecule has 0 spiro atoms. The summed E-state index contributed by atoms with van der Waals surface area (Å²) in [5.41, 5.74) is 1.93. The molecule has 2 rings (SSSR count). The zero-order valence-corrected chi connectivity index (χ0v) is 18.4. The van der Waals surface area contributed by atoms with Gasteiger partial charge in [-0.2, -0.15) is 25.2 Å². The molecular formula is C15H21NO9S4. The van der Waals surface area contributed by atoms with Gasteiger partial charge in [-0.15, -0.1) is 0 Å². The van der Waals surface area contributed by atoms with Gasteiger partial charge in [0, 0.05) is 17.9 Å². The highest BCUT2D eigenvalue weighted by molar-refractivity contribution is 8.41. The maximum Gasteiger partial charge on any atom is 0.401 e. The van der Waals surface area contributed by atoms with Crippen LogP contribution < -0.4 is 0 Å². The SMILES string of the molecule is O=S(=O)(O)OC(O)(CCCCCc1ccc(N=C2SCCS2)cc1)OS(=O)(=O)O. The van der Waals surface area contributed by atoms with E-state index in [0.717, 1.165) is 27.1 Å². The molecule has 1 aliphatic heterocycles. The molecule has 1 aromatic carbocycles. The predicted molar refractivity (Wildman–Crippen MR) is 111 cm³/mol. The molecule has 0 aromatic heterocycles. The van der Waals surface area contributed by atoms with Crippen molar-refractivity contribution in [1.29, 1.82) is 0 Å². The Morgan fingerprint density at radius 2 is 1.48 bits per heavy atom. The van der Waals surface area contributed by atoms with Crippen molar-refractivity contribution in [1.82, 2.24) is 0 Å². The molecule has 10 nitrogen and oxygen atoms in total. The number of thioether (sulfide) groups is 2. The predicted octanol–water partition coefficient (Wildman–Crippen LogP) is 2.54. The Balaban J connectivity index is 1.80. The molecule has 0 aliphatic carbocycles. The molecule has 29 heavy (non-hydrogen) atoms. The van der Waals surface area contributed by atoms with E-state index in [1.165, 1.54) is 0 Å². The van der Waals surface area contributed by atoms with Gasteiger partial charge in [-0.25, -0.2) is 4.99 Å². The maximum absolute atomic E-state index is 10.7. The Kier molecular flexibility index (Phi) is 8.93. The quantitative estimate of drug-likeness (QED) is 0.239. The van der Waals surface area contributed by atoms with Gasteiger partial charge in [-0.1, -0.05) is 42.1 Å². The van der Waals surface area contributed by atoms with Crippen LogP contribution in [0.5, 0.6) is 0 Å². The van der Waals surface area contributed by atoms with Crippen LogP contribution in [-0.4, -0.2) is 52.9 Å². The monoisotopic (exact) mass is 487 g/mol. The highest BCUT2D eigenvalue weighted by Gasteiger charge is 2.39. The number of hydrogen-bond acceptors (Lipinski definition) is 10. The molecule has 0 radical (unpaired) electrons. The summed E-state index contributed by atoms with van der Waals surface area (Å²) in [5, 5.41) is 9.81. The van der Waals surface area contributed by atoms with Crippen molar-refractivity contribution in [2.24, 2.45) is 4.99 Å². The van der Waals surface area contributed by atoms with Gasteiger partial charge in [0.25, 0.3) is 0 Å². The number of unbranched alkanes of at least 4 members (excludes halogenated alkanes) is 2. The van der Waals surface area contributed by atoms with Crippen LogP contribution in [0.3, 0.4) is 0 Å². The van der Waals surface area contributed by atoms with Gasteiger partial charge >= 0.3 is 26.8 Å². The second-order valence-electron chi connectivity index (χ2n) is 6.04. The fourth-order valence-corrected chi connectivity index (χ4v) is 5.61. The Morgan fingerprint density at radius 3 is 2.00 bits per heavy atom. The normalized spacial score (nSPS) is 15.6. The highest BCUT2D eigenvalue weighted by atomic mass is 32.3. The van der Waals surface area contributed by atoms with Gasteiger partial charge < -0.3 is 5.11 Å². The molecule has 1 heterocycles. The van der Waals surface area contributed by atoms with Crippen molar-refractivity contribution in [2.45, 2.75) is 38.1 Å². The first-order chi connectivity index (χ1) is 13.4. The molecule has 0 amide bonds. The summed E-state index contributed by atoms with van der Waals surface area (Å²) in [6, 6.07) is 7.73. The van der Waals surface area contributed by atoms with Crippen molar-refractivity contribution in [3.8, 4) is 0 Å². The van der Waals surface area contributed by atoms with Gasteiger partial charge in [0.15, 0.2) is 0 Å². The van der Waals surface area contributed by atoms with Crippen LogP contribution in [0.1, 0.15) is 31.2 Å². The summed E-state index contributed by atoms with van der Waals surface area (Å²) < 4.78 is 69.0. The molecular weight excluding hydrogens is 466 g/mol. The summed E-state index contributed by atoms with van der Waals surface area (Å²) in [6.45, 7) is 0. The lowest BCUT2D eigenvalue weighted by atomic mass is 10.1. The average Bonchev–Trinajstić information content (AvgIpc) is 3.05. The first kappa shape index (κ1) is 24.6. The molecule has 14 heteroatoms. The minimum absolute atomic E-state index is 0.0989. The number of rotatable bonds is 11. The summed E-state index contributed by atoms with van der Waals surface area (Å²) in [5.74, 6) is -1.08. The summed E-state index contributed by atoms with van der Waals surface area (Å²) >= 11 is 3.47. The molecule has 1 aliphatic rings. The van der Waals surface area contributed by atoms with Gasteiger partial charge in [0.2, 0.25) is 0 Å². The largest absolute Gasteiger partial charge is 0.401 e. The van der Waals surface area contributed by atoms with Crippen LogP contribution in [-0.2, 0) is 35.6 Å². The number of benzene rings is 1. The lowest BCUT2D eigenvalue weighted by Crippen LogP contribution is -2.39. The number of aryl methyl sites for hydroxylation is 1. The molecule has 164 valence electrons. The number of hydrogen-bond donors (Lipinski definition) is 3. The van der Waals surface area contributed by atoms with Gasteiger partial charge in [0.05, 0.1) is 5.69 Å². The molecule has 1 saturated heterocycles. The third-order valence-corrected chi connectivity index (χ3v) is 7.02. The van der Waals surface area contributed by atoms with Crippen LogP contribution >= 0.6 is 23.5 Å². The first-order valence-corrected chi connectivity index (χ1v) is 13.2. The van der Waals surface area contributed by atoms with E-state index in [1.54, 1.807) is 23.5 Å². The lowest BCUT2D eigenvalue weighted by molar-refractivity contribution is -0.277. The van der Waals surface area contributed by atoms with Crippen LogP contribution in [0.15, 0.2) is 29.3 Å². The second-order valence-corrected chi connectivity index (χ2v) is 10.5. The van der Waals surface area contributed by atoms with E-state index in [2.05, 4.69) is 13.4 Å². The van der Waals surface area contributed by atoms with E-state index < -0.39 is 33.2 Å². The second kappa shape index (κ2) is 10.5. The van der Waals surface area contributed by atoms with E-state index in [4.69, 9.17) is 9.11 Å². The fourth-order valence-electron chi connectivity index (χ4n) is 2.49. The van der Waals surface area contributed by atoms with E-state index in [-0.39, 0.29) is 6.42 Å². The van der Waals surface area contributed by atoms with Gasteiger partial charge in [-0.3, -0.25) is 9.11 Å². The number of nitrogens with zero attached hydrogens (tertiary/aromatic N) is 1. The summed E-state index contributed by atoms with van der Waals surface area (Å²) in [4.78, 5) is 4.54. The summed E-state index contributed by atoms with van der Waals surface area (Å²) in [6.07, 6.45) is 1.29. The molecule has 1 aromatic rings. The lowest BCUT2D eigenvalue weighted by Gasteiger charge is -2.23. The molecule has 0 atom stereocenters. The highest BCUT2D eigenvalue weighted by Crippen LogP contribution is 2.29. The third kappa shape index (κ3) is 10.2. The molecule has 0 bridgehead atoms. The summed E-state index contributed by atoms with van der Waals surface area (Å²) in [7, 11) is -10.4. The van der Waals surface area contributed by atoms with E-state index in [0.29, 0.717) is 19.3 Å². The molecule has 3 N–H and O–H groups in total. The van der Waals surface area contributed by atoms with Crippen LogP contribution in [0.4, 0.5) is 5.69 Å². The Morgan fingerprint density at radius 1 is 0.931 bits per heavy atom. The van der Waals surface area contributed by atoms with Crippen molar-refractivity contribution in [3.63, 3.8) is 0 Å². The maximum atomic E-state index is 10.7. The van der Waals surface area contributed by atoms with E-state index in [1.807, 2.05) is 24.3 Å². The van der Waals surface area contributed by atoms with E-state index >= 15 is 0 Å². The molecule has 1 fully saturated rings. The number of aliphatic hydroxyl groups is 1. The van der Waals surface area contributed by atoms with Gasteiger partial charge in [0.1, 0.15) is 4.38 Å². The van der Waals surface area contributed by atoms with Crippen LogP contribution in [0.2, 0.25) is 0 Å². The third-order valence-electron chi connectivity index (χ3n) is 3.62. The Bertz CT molecular complexity index is 872. The van der Waals surface area contributed by atoms with Crippen molar-refractivity contribution in [2.75, 3.05) is 11.5 Å². The molecule has 0 saturated carbocycles. The van der Waals surface area contributed by atoms with Crippen LogP contribution in [0, 0.1) is 0 Å². The minimum atomic E-state index is -5.22.